The minimum Gasteiger partial charge on any atom is -0.376 e. The smallest absolute Gasteiger partial charge is 0.146 e. The van der Waals surface area contributed by atoms with Crippen molar-refractivity contribution < 1.29 is 9.13 Å². The van der Waals surface area contributed by atoms with Gasteiger partial charge in [-0.05, 0) is 44.7 Å². The highest BCUT2D eigenvalue weighted by molar-refractivity contribution is 5.20. The summed E-state index contributed by atoms with van der Waals surface area (Å²) in [6.45, 7) is 5.63. The summed E-state index contributed by atoms with van der Waals surface area (Å²) in [5, 5.41) is 3.44. The summed E-state index contributed by atoms with van der Waals surface area (Å²) in [7, 11) is 0. The van der Waals surface area contributed by atoms with E-state index in [2.05, 4.69) is 17.2 Å². The molecule has 0 saturated heterocycles. The molecule has 1 saturated carbocycles. The van der Waals surface area contributed by atoms with Crippen LogP contribution in [0.5, 0.6) is 0 Å². The van der Waals surface area contributed by atoms with E-state index in [0.29, 0.717) is 18.1 Å². The fourth-order valence-electron chi connectivity index (χ4n) is 2.46. The number of pyridine rings is 1. The molecule has 0 spiro atoms. The van der Waals surface area contributed by atoms with Crippen LogP contribution in [0.1, 0.15) is 44.7 Å². The summed E-state index contributed by atoms with van der Waals surface area (Å²) in [5.74, 6) is 0.309. The number of hydrogen-bond acceptors (Lipinski definition) is 3. The molecule has 106 valence electrons. The molecule has 2 unspecified atom stereocenters. The summed E-state index contributed by atoms with van der Waals surface area (Å²) >= 11 is 0. The van der Waals surface area contributed by atoms with E-state index in [-0.39, 0.29) is 18.0 Å². The fourth-order valence-corrected chi connectivity index (χ4v) is 2.46. The number of halogens is 1. The average molecular weight is 266 g/mol. The molecule has 1 aliphatic carbocycles. The first-order valence-corrected chi connectivity index (χ1v) is 7.22. The zero-order chi connectivity index (χ0) is 13.7. The van der Waals surface area contributed by atoms with Crippen LogP contribution in [0.2, 0.25) is 0 Å². The van der Waals surface area contributed by atoms with Gasteiger partial charge >= 0.3 is 0 Å². The Morgan fingerprint density at radius 2 is 2.26 bits per heavy atom. The summed E-state index contributed by atoms with van der Waals surface area (Å²) in [5.41, 5.74) is 0.675. The number of ether oxygens (including phenoxy) is 1. The molecule has 19 heavy (non-hydrogen) atoms. The van der Waals surface area contributed by atoms with Gasteiger partial charge in [0.2, 0.25) is 0 Å². The molecule has 0 aromatic carbocycles. The second kappa shape index (κ2) is 6.96. The average Bonchev–Trinajstić information content (AvgIpc) is 3.24. The first-order chi connectivity index (χ1) is 9.27. The van der Waals surface area contributed by atoms with E-state index in [4.69, 9.17) is 4.74 Å². The lowest BCUT2D eigenvalue weighted by Crippen LogP contribution is -2.36. The van der Waals surface area contributed by atoms with Crippen molar-refractivity contribution in [1.82, 2.24) is 10.3 Å². The van der Waals surface area contributed by atoms with Crippen LogP contribution in [0, 0.1) is 11.7 Å². The Hall–Kier alpha value is -1.00. The second-order valence-corrected chi connectivity index (χ2v) is 5.09. The van der Waals surface area contributed by atoms with Crippen molar-refractivity contribution in [2.75, 3.05) is 13.2 Å². The highest BCUT2D eigenvalue weighted by atomic mass is 19.1. The van der Waals surface area contributed by atoms with Gasteiger partial charge in [0.1, 0.15) is 5.82 Å². The summed E-state index contributed by atoms with van der Waals surface area (Å²) in [4.78, 5) is 3.83. The summed E-state index contributed by atoms with van der Waals surface area (Å²) in [6, 6.07) is 1.69. The zero-order valence-corrected chi connectivity index (χ0v) is 11.7. The monoisotopic (exact) mass is 266 g/mol. The Morgan fingerprint density at radius 1 is 1.47 bits per heavy atom. The molecular weight excluding hydrogens is 243 g/mol. The summed E-state index contributed by atoms with van der Waals surface area (Å²) < 4.78 is 19.9. The Balaban J connectivity index is 2.20. The Labute approximate surface area is 114 Å². The number of nitrogens with zero attached hydrogens (tertiary/aromatic N) is 1. The van der Waals surface area contributed by atoms with Gasteiger partial charge in [0, 0.05) is 18.4 Å². The van der Waals surface area contributed by atoms with Gasteiger partial charge < -0.3 is 10.1 Å². The quantitative estimate of drug-likeness (QED) is 0.785. The van der Waals surface area contributed by atoms with Crippen molar-refractivity contribution in [1.29, 1.82) is 0 Å². The molecule has 1 fully saturated rings. The molecule has 2 rings (SSSR count). The van der Waals surface area contributed by atoms with E-state index >= 15 is 0 Å². The van der Waals surface area contributed by atoms with E-state index in [1.54, 1.807) is 12.3 Å². The predicted molar refractivity (Wildman–Crippen MR) is 73.4 cm³/mol. The van der Waals surface area contributed by atoms with E-state index in [0.717, 1.165) is 13.0 Å². The SMILES string of the molecule is CCCNC(c1ccncc1F)C(OCC)C1CC1. The Bertz CT molecular complexity index is 395. The molecule has 1 aliphatic rings. The molecule has 0 radical (unpaired) electrons. The minimum absolute atomic E-state index is 0.0634. The molecule has 2 atom stereocenters. The molecule has 1 heterocycles. The topological polar surface area (TPSA) is 34.2 Å². The minimum atomic E-state index is -0.249. The van der Waals surface area contributed by atoms with Crippen LogP contribution in [0.15, 0.2) is 18.5 Å². The third-order valence-corrected chi connectivity index (χ3v) is 3.53. The molecule has 4 heteroatoms. The molecule has 1 aromatic rings. The lowest BCUT2D eigenvalue weighted by molar-refractivity contribution is 0.0177. The van der Waals surface area contributed by atoms with Gasteiger partial charge in [0.15, 0.2) is 0 Å². The van der Waals surface area contributed by atoms with Crippen molar-refractivity contribution in [2.45, 2.75) is 45.3 Å². The number of nitrogens with one attached hydrogen (secondary N) is 1. The van der Waals surface area contributed by atoms with Crippen molar-refractivity contribution in [2.24, 2.45) is 5.92 Å². The van der Waals surface area contributed by atoms with Gasteiger partial charge in [-0.25, -0.2) is 4.39 Å². The predicted octanol–water partition coefficient (Wildman–Crippen LogP) is 3.08. The third kappa shape index (κ3) is 3.74. The normalized spacial score (nSPS) is 18.3. The molecule has 3 nitrogen and oxygen atoms in total. The van der Waals surface area contributed by atoms with Gasteiger partial charge in [-0.1, -0.05) is 6.92 Å². The maximum absolute atomic E-state index is 14.0. The van der Waals surface area contributed by atoms with Crippen LogP contribution >= 0.6 is 0 Å². The van der Waals surface area contributed by atoms with Crippen LogP contribution in [0.25, 0.3) is 0 Å². The molecule has 0 bridgehead atoms. The lowest BCUT2D eigenvalue weighted by Gasteiger charge is -2.28. The van der Waals surface area contributed by atoms with E-state index in [1.807, 2.05) is 6.92 Å². The van der Waals surface area contributed by atoms with Crippen molar-refractivity contribution in [3.05, 3.63) is 29.8 Å². The van der Waals surface area contributed by atoms with Gasteiger partial charge in [0.25, 0.3) is 0 Å². The number of hydrogen-bond donors (Lipinski definition) is 1. The fraction of sp³-hybridized carbons (Fsp3) is 0.667. The summed E-state index contributed by atoms with van der Waals surface area (Å²) in [6.07, 6.45) is 6.38. The van der Waals surface area contributed by atoms with E-state index in [1.165, 1.54) is 19.0 Å². The molecule has 0 amide bonds. The van der Waals surface area contributed by atoms with Gasteiger partial charge in [-0.15, -0.1) is 0 Å². The van der Waals surface area contributed by atoms with Crippen LogP contribution in [-0.2, 0) is 4.74 Å². The number of aromatic nitrogens is 1. The highest BCUT2D eigenvalue weighted by Gasteiger charge is 2.38. The van der Waals surface area contributed by atoms with Crippen molar-refractivity contribution >= 4 is 0 Å². The third-order valence-electron chi connectivity index (χ3n) is 3.53. The molecule has 1 N–H and O–H groups in total. The van der Waals surface area contributed by atoms with Gasteiger partial charge in [0.05, 0.1) is 18.3 Å². The molecular formula is C15H23FN2O. The first-order valence-electron chi connectivity index (χ1n) is 7.22. The molecule has 0 aliphatic heterocycles. The van der Waals surface area contributed by atoms with E-state index < -0.39 is 0 Å². The van der Waals surface area contributed by atoms with Crippen LogP contribution in [-0.4, -0.2) is 24.2 Å². The largest absolute Gasteiger partial charge is 0.376 e. The standard InChI is InChI=1S/C15H23FN2O/c1-3-8-18-14(12-7-9-17-10-13(12)16)15(19-4-2)11-5-6-11/h7,9-11,14-15,18H,3-6,8H2,1-2H3. The maximum atomic E-state index is 14.0. The first kappa shape index (κ1) is 14.4. The zero-order valence-electron chi connectivity index (χ0n) is 11.7. The lowest BCUT2D eigenvalue weighted by atomic mass is 9.98. The van der Waals surface area contributed by atoms with Crippen molar-refractivity contribution in [3.63, 3.8) is 0 Å². The molecule has 1 aromatic heterocycles. The number of rotatable bonds is 8. The van der Waals surface area contributed by atoms with Crippen LogP contribution < -0.4 is 5.32 Å². The maximum Gasteiger partial charge on any atom is 0.146 e. The van der Waals surface area contributed by atoms with Crippen LogP contribution in [0.4, 0.5) is 4.39 Å². The van der Waals surface area contributed by atoms with Gasteiger partial charge in [-0.2, -0.15) is 0 Å². The van der Waals surface area contributed by atoms with Crippen LogP contribution in [0.3, 0.4) is 0 Å². The Kier molecular flexibility index (Phi) is 5.28. The van der Waals surface area contributed by atoms with E-state index in [9.17, 15) is 4.39 Å². The second-order valence-electron chi connectivity index (χ2n) is 5.09. The van der Waals surface area contributed by atoms with Crippen molar-refractivity contribution in [3.8, 4) is 0 Å². The van der Waals surface area contributed by atoms with Gasteiger partial charge in [-0.3, -0.25) is 4.98 Å². The Morgan fingerprint density at radius 3 is 2.84 bits per heavy atom. The highest BCUT2D eigenvalue weighted by Crippen LogP contribution is 2.40.